The van der Waals surface area contributed by atoms with Crippen molar-refractivity contribution >= 4 is 10.8 Å². The number of unbranched alkanes of at least 4 members (excludes halogenated alkanes) is 2. The van der Waals surface area contributed by atoms with Crippen LogP contribution in [0.25, 0.3) is 21.9 Å². The Labute approximate surface area is 182 Å². The first kappa shape index (κ1) is 20.8. The molecule has 0 aliphatic heterocycles. The van der Waals surface area contributed by atoms with Crippen LogP contribution in [0.2, 0.25) is 0 Å². The quantitative estimate of drug-likeness (QED) is 0.232. The molecule has 0 saturated heterocycles. The van der Waals surface area contributed by atoms with Crippen molar-refractivity contribution in [2.24, 2.45) is 0 Å². The van der Waals surface area contributed by atoms with E-state index >= 15 is 0 Å². The van der Waals surface area contributed by atoms with Gasteiger partial charge in [0.25, 0.3) is 0 Å². The van der Waals surface area contributed by atoms with Gasteiger partial charge in [-0.1, -0.05) is 74.1 Å². The first-order chi connectivity index (χ1) is 15.1. The second-order valence-corrected chi connectivity index (χ2v) is 7.80. The first-order valence-corrected chi connectivity index (χ1v) is 10.7. The molecule has 0 N–H and O–H groups in total. The van der Waals surface area contributed by atoms with E-state index < -0.39 is 0 Å². The monoisotopic (exact) mass is 410 g/mol. The van der Waals surface area contributed by atoms with Crippen LogP contribution in [0.1, 0.15) is 42.9 Å². The van der Waals surface area contributed by atoms with Crippen molar-refractivity contribution in [2.75, 3.05) is 0 Å². The molecule has 0 bridgehead atoms. The second kappa shape index (κ2) is 9.58. The fourth-order valence-electron chi connectivity index (χ4n) is 3.67. The van der Waals surface area contributed by atoms with E-state index in [-0.39, 0.29) is 11.6 Å². The minimum absolute atomic E-state index is 0.264. The number of rotatable bonds is 5. The van der Waals surface area contributed by atoms with E-state index in [9.17, 15) is 8.78 Å². The van der Waals surface area contributed by atoms with Gasteiger partial charge >= 0.3 is 0 Å². The molecular weight excluding hydrogens is 386 g/mol. The minimum Gasteiger partial charge on any atom is -0.207 e. The highest BCUT2D eigenvalue weighted by molar-refractivity contribution is 5.84. The Morgan fingerprint density at radius 3 is 2.19 bits per heavy atom. The molecule has 0 atom stereocenters. The Hall–Kier alpha value is -3.44. The van der Waals surface area contributed by atoms with Gasteiger partial charge in [-0.15, -0.1) is 0 Å². The fraction of sp³-hybridized carbons (Fsp3) is 0.172. The van der Waals surface area contributed by atoms with Crippen LogP contribution in [-0.2, 0) is 6.42 Å². The van der Waals surface area contributed by atoms with E-state index in [2.05, 4.69) is 43.0 Å². The molecule has 4 rings (SSSR count). The highest BCUT2D eigenvalue weighted by atomic mass is 19.1. The molecule has 0 amide bonds. The molecule has 0 saturated carbocycles. The summed E-state index contributed by atoms with van der Waals surface area (Å²) in [5.41, 5.74) is 4.29. The summed E-state index contributed by atoms with van der Waals surface area (Å²) in [6.45, 7) is 2.20. The Kier molecular flexibility index (Phi) is 6.43. The molecular formula is C29H24F2. The van der Waals surface area contributed by atoms with Crippen LogP contribution in [-0.4, -0.2) is 0 Å². The van der Waals surface area contributed by atoms with Gasteiger partial charge in [0.2, 0.25) is 0 Å². The van der Waals surface area contributed by atoms with Gasteiger partial charge in [-0.2, -0.15) is 0 Å². The Morgan fingerprint density at radius 1 is 0.677 bits per heavy atom. The molecule has 4 aromatic carbocycles. The van der Waals surface area contributed by atoms with E-state index in [1.807, 2.05) is 24.3 Å². The zero-order valence-electron chi connectivity index (χ0n) is 17.6. The average molecular weight is 411 g/mol. The maximum Gasteiger partial charge on any atom is 0.139 e. The van der Waals surface area contributed by atoms with Crippen LogP contribution in [0.4, 0.5) is 8.78 Å². The lowest BCUT2D eigenvalue weighted by Gasteiger charge is -2.06. The van der Waals surface area contributed by atoms with Crippen LogP contribution in [0.5, 0.6) is 0 Å². The summed E-state index contributed by atoms with van der Waals surface area (Å²) in [5, 5.41) is 1.72. The first-order valence-electron chi connectivity index (χ1n) is 10.7. The molecule has 0 unspecified atom stereocenters. The van der Waals surface area contributed by atoms with Gasteiger partial charge < -0.3 is 0 Å². The van der Waals surface area contributed by atoms with E-state index in [1.54, 1.807) is 18.2 Å². The third-order valence-electron chi connectivity index (χ3n) is 5.47. The van der Waals surface area contributed by atoms with E-state index in [4.69, 9.17) is 0 Å². The summed E-state index contributed by atoms with van der Waals surface area (Å²) in [6.07, 6.45) is 4.74. The van der Waals surface area contributed by atoms with Crippen LogP contribution < -0.4 is 0 Å². The van der Waals surface area contributed by atoms with Crippen molar-refractivity contribution in [3.05, 3.63) is 107 Å². The molecule has 4 aromatic rings. The summed E-state index contributed by atoms with van der Waals surface area (Å²) in [4.78, 5) is 0. The summed E-state index contributed by atoms with van der Waals surface area (Å²) >= 11 is 0. The standard InChI is InChI=1S/C29H24F2/c1-2-3-4-5-21-6-10-23(11-7-21)27-15-14-24(29(31)20-27)12-8-22-9-13-26-19-28(30)17-16-25(26)18-22/h6-7,9-11,13-20H,2-5H2,1H3. The van der Waals surface area contributed by atoms with Gasteiger partial charge in [0.1, 0.15) is 11.6 Å². The van der Waals surface area contributed by atoms with Gasteiger partial charge in [-0.05, 0) is 76.7 Å². The number of fused-ring (bicyclic) bond motifs is 1. The largest absolute Gasteiger partial charge is 0.207 e. The smallest absolute Gasteiger partial charge is 0.139 e. The lowest BCUT2D eigenvalue weighted by Crippen LogP contribution is -1.88. The highest BCUT2D eigenvalue weighted by Crippen LogP contribution is 2.23. The van der Waals surface area contributed by atoms with Crippen molar-refractivity contribution in [1.29, 1.82) is 0 Å². The van der Waals surface area contributed by atoms with Crippen molar-refractivity contribution in [1.82, 2.24) is 0 Å². The molecule has 31 heavy (non-hydrogen) atoms. The number of hydrogen-bond donors (Lipinski definition) is 0. The molecule has 154 valence electrons. The van der Waals surface area contributed by atoms with Crippen molar-refractivity contribution in [3.63, 3.8) is 0 Å². The summed E-state index contributed by atoms with van der Waals surface area (Å²) in [7, 11) is 0. The van der Waals surface area contributed by atoms with Crippen LogP contribution >= 0.6 is 0 Å². The fourth-order valence-corrected chi connectivity index (χ4v) is 3.67. The summed E-state index contributed by atoms with van der Waals surface area (Å²) in [6, 6.07) is 23.7. The molecule has 0 aliphatic carbocycles. The molecule has 0 aliphatic rings. The lowest BCUT2D eigenvalue weighted by atomic mass is 10.00. The normalized spacial score (nSPS) is 10.7. The second-order valence-electron chi connectivity index (χ2n) is 7.80. The molecule has 0 heterocycles. The van der Waals surface area contributed by atoms with E-state index in [1.165, 1.54) is 37.0 Å². The van der Waals surface area contributed by atoms with Gasteiger partial charge in [0.15, 0.2) is 0 Å². The third kappa shape index (κ3) is 5.19. The van der Waals surface area contributed by atoms with Gasteiger partial charge in [0, 0.05) is 5.56 Å². The lowest BCUT2D eigenvalue weighted by molar-refractivity contribution is 0.625. The Balaban J connectivity index is 1.51. The zero-order chi connectivity index (χ0) is 21.6. The summed E-state index contributed by atoms with van der Waals surface area (Å²) in [5.74, 6) is 5.34. The SMILES string of the molecule is CCCCCc1ccc(-c2ccc(C#Cc3ccc4cc(F)ccc4c3)c(F)c2)cc1. The number of halogens is 2. The van der Waals surface area contributed by atoms with Gasteiger partial charge in [-0.25, -0.2) is 8.78 Å². The van der Waals surface area contributed by atoms with Crippen LogP contribution in [0.3, 0.4) is 0 Å². The number of benzene rings is 4. The molecule has 0 radical (unpaired) electrons. The minimum atomic E-state index is -0.333. The van der Waals surface area contributed by atoms with Crippen LogP contribution in [0.15, 0.2) is 78.9 Å². The average Bonchev–Trinajstić information content (AvgIpc) is 2.79. The molecule has 0 spiro atoms. The van der Waals surface area contributed by atoms with Crippen molar-refractivity contribution in [3.8, 4) is 23.0 Å². The zero-order valence-corrected chi connectivity index (χ0v) is 17.6. The number of hydrogen-bond acceptors (Lipinski definition) is 0. The van der Waals surface area contributed by atoms with Gasteiger partial charge in [-0.3, -0.25) is 0 Å². The predicted molar refractivity (Wildman–Crippen MR) is 125 cm³/mol. The molecule has 0 aromatic heterocycles. The van der Waals surface area contributed by atoms with Gasteiger partial charge in [0.05, 0.1) is 5.56 Å². The highest BCUT2D eigenvalue weighted by Gasteiger charge is 2.04. The topological polar surface area (TPSA) is 0 Å². The Morgan fingerprint density at radius 2 is 1.42 bits per heavy atom. The third-order valence-corrected chi connectivity index (χ3v) is 5.47. The predicted octanol–water partition coefficient (Wildman–Crippen LogP) is 7.92. The van der Waals surface area contributed by atoms with E-state index in [0.29, 0.717) is 5.56 Å². The number of aryl methyl sites for hydroxylation is 1. The Bertz CT molecular complexity index is 1260. The van der Waals surface area contributed by atoms with Crippen molar-refractivity contribution in [2.45, 2.75) is 32.6 Å². The van der Waals surface area contributed by atoms with Crippen molar-refractivity contribution < 1.29 is 8.78 Å². The van der Waals surface area contributed by atoms with Crippen LogP contribution in [0, 0.1) is 23.5 Å². The molecule has 0 fully saturated rings. The molecule has 0 nitrogen and oxygen atoms in total. The molecule has 2 heteroatoms. The maximum absolute atomic E-state index is 14.7. The van der Waals surface area contributed by atoms with E-state index in [0.717, 1.165) is 33.9 Å². The maximum atomic E-state index is 14.7. The summed E-state index contributed by atoms with van der Waals surface area (Å²) < 4.78 is 28.0.